The van der Waals surface area contributed by atoms with Gasteiger partial charge in [0, 0.05) is 31.1 Å². The van der Waals surface area contributed by atoms with Crippen molar-refractivity contribution in [2.24, 2.45) is 0 Å². The van der Waals surface area contributed by atoms with Crippen molar-refractivity contribution < 1.29 is 29.4 Å². The lowest BCUT2D eigenvalue weighted by Crippen LogP contribution is -2.57. The molecule has 1 fully saturated rings. The van der Waals surface area contributed by atoms with E-state index in [1.165, 1.54) is 0 Å². The molecule has 4 atom stereocenters. The summed E-state index contributed by atoms with van der Waals surface area (Å²) < 4.78 is 0. The summed E-state index contributed by atoms with van der Waals surface area (Å²) in [5, 5.41) is 33.8. The van der Waals surface area contributed by atoms with E-state index >= 15 is 0 Å². The van der Waals surface area contributed by atoms with Gasteiger partial charge in [-0.25, -0.2) is 4.79 Å². The van der Waals surface area contributed by atoms with Crippen LogP contribution >= 0.6 is 0 Å². The van der Waals surface area contributed by atoms with Crippen LogP contribution < -0.4 is 26.6 Å². The summed E-state index contributed by atoms with van der Waals surface area (Å²) in [6.45, 7) is 9.66. The highest BCUT2D eigenvalue weighted by atomic mass is 16.4. The molecule has 11 heteroatoms. The van der Waals surface area contributed by atoms with E-state index in [4.69, 9.17) is 5.11 Å². The SMILES string of the molecule is CCC(C)N[C@@H](CCC(=O)O)C(=O)NC(CCCNC(=O)[C@@H]1CNCCCCCC(C)(C)N1)C(=O)O. The third-order valence-electron chi connectivity index (χ3n) is 6.53. The van der Waals surface area contributed by atoms with Crippen LogP contribution in [0.2, 0.25) is 0 Å². The molecule has 0 aromatic carbocycles. The molecule has 0 saturated carbocycles. The third kappa shape index (κ3) is 13.2. The van der Waals surface area contributed by atoms with E-state index in [9.17, 15) is 24.3 Å². The molecule has 208 valence electrons. The molecule has 0 aromatic rings. The van der Waals surface area contributed by atoms with Crippen LogP contribution in [0.5, 0.6) is 0 Å². The Kier molecular flexibility index (Phi) is 14.6. The molecule has 36 heavy (non-hydrogen) atoms. The van der Waals surface area contributed by atoms with Gasteiger partial charge in [-0.2, -0.15) is 0 Å². The molecular formula is C25H47N5O6. The van der Waals surface area contributed by atoms with Crippen molar-refractivity contribution in [2.75, 3.05) is 19.6 Å². The normalized spacial score (nSPS) is 20.9. The molecule has 0 spiro atoms. The van der Waals surface area contributed by atoms with Crippen LogP contribution in [0, 0.1) is 0 Å². The van der Waals surface area contributed by atoms with Crippen molar-refractivity contribution in [1.82, 2.24) is 26.6 Å². The minimum Gasteiger partial charge on any atom is -0.481 e. The summed E-state index contributed by atoms with van der Waals surface area (Å²) in [5.74, 6) is -2.87. The van der Waals surface area contributed by atoms with Gasteiger partial charge in [0.15, 0.2) is 0 Å². The highest BCUT2D eigenvalue weighted by Gasteiger charge is 2.28. The number of carboxylic acids is 2. The van der Waals surface area contributed by atoms with Crippen LogP contribution in [0.1, 0.15) is 85.5 Å². The Labute approximate surface area is 214 Å². The molecule has 0 bridgehead atoms. The molecule has 1 aliphatic rings. The van der Waals surface area contributed by atoms with Crippen LogP contribution in [0.4, 0.5) is 0 Å². The summed E-state index contributed by atoms with van der Waals surface area (Å²) in [6.07, 6.45) is 5.42. The molecule has 1 saturated heterocycles. The van der Waals surface area contributed by atoms with E-state index in [1.807, 2.05) is 13.8 Å². The average Bonchev–Trinajstić information content (AvgIpc) is 2.81. The maximum Gasteiger partial charge on any atom is 0.326 e. The number of carboxylic acid groups (broad SMARTS) is 2. The fourth-order valence-electron chi connectivity index (χ4n) is 4.18. The fraction of sp³-hybridized carbons (Fsp3) is 0.840. The highest BCUT2D eigenvalue weighted by molar-refractivity contribution is 5.87. The lowest BCUT2D eigenvalue weighted by molar-refractivity contribution is -0.143. The maximum absolute atomic E-state index is 12.8. The number of amides is 2. The Bertz CT molecular complexity index is 717. The standard InChI is InChI=1S/C25H47N5O6/c1-5-17(2)28-18(11-12-21(31)32)23(34)29-19(24(35)36)10-9-15-27-22(33)20-16-26-14-8-6-7-13-25(3,4)30-20/h17-20,26,28,30H,5-16H2,1-4H3,(H,27,33)(H,29,34)(H,31,32)(H,35,36)/t17?,18-,19?,20-/m0/s1. The molecule has 1 heterocycles. The highest BCUT2D eigenvalue weighted by Crippen LogP contribution is 2.15. The summed E-state index contributed by atoms with van der Waals surface area (Å²) >= 11 is 0. The second-order valence-electron chi connectivity index (χ2n) is 10.4. The number of rotatable bonds is 14. The monoisotopic (exact) mass is 513 g/mol. The molecule has 7 N–H and O–H groups in total. The van der Waals surface area contributed by atoms with Crippen LogP contribution in [0.3, 0.4) is 0 Å². The number of carbonyl (C=O) groups is 4. The molecule has 0 aliphatic carbocycles. The zero-order valence-corrected chi connectivity index (χ0v) is 22.3. The molecule has 1 aliphatic heterocycles. The van der Waals surface area contributed by atoms with E-state index in [2.05, 4.69) is 40.4 Å². The van der Waals surface area contributed by atoms with Crippen LogP contribution in [-0.2, 0) is 19.2 Å². The lowest BCUT2D eigenvalue weighted by atomic mass is 9.94. The van der Waals surface area contributed by atoms with Crippen molar-refractivity contribution >= 4 is 23.8 Å². The Morgan fingerprint density at radius 3 is 2.42 bits per heavy atom. The second-order valence-corrected chi connectivity index (χ2v) is 10.4. The van der Waals surface area contributed by atoms with Gasteiger partial charge in [0.2, 0.25) is 11.8 Å². The first kappa shape index (κ1) is 31.8. The Morgan fingerprint density at radius 2 is 1.78 bits per heavy atom. The van der Waals surface area contributed by atoms with Crippen LogP contribution in [0.15, 0.2) is 0 Å². The first-order valence-corrected chi connectivity index (χ1v) is 13.2. The third-order valence-corrected chi connectivity index (χ3v) is 6.53. The molecule has 2 amide bonds. The number of hydrogen-bond donors (Lipinski definition) is 7. The maximum atomic E-state index is 12.8. The van der Waals surface area contributed by atoms with E-state index < -0.39 is 36.0 Å². The summed E-state index contributed by atoms with van der Waals surface area (Å²) in [7, 11) is 0. The van der Waals surface area contributed by atoms with Gasteiger partial charge in [0.25, 0.3) is 0 Å². The summed E-state index contributed by atoms with van der Waals surface area (Å²) in [6, 6.07) is -2.35. The Balaban J connectivity index is 2.60. The number of carbonyl (C=O) groups excluding carboxylic acids is 2. The fourth-order valence-corrected chi connectivity index (χ4v) is 4.18. The second kappa shape index (κ2) is 16.5. The van der Waals surface area contributed by atoms with Gasteiger partial charge in [0.05, 0.1) is 12.1 Å². The molecule has 0 aromatic heterocycles. The summed E-state index contributed by atoms with van der Waals surface area (Å²) in [4.78, 5) is 48.2. The predicted molar refractivity (Wildman–Crippen MR) is 138 cm³/mol. The van der Waals surface area contributed by atoms with E-state index in [0.717, 1.165) is 38.6 Å². The smallest absolute Gasteiger partial charge is 0.326 e. The Morgan fingerprint density at radius 1 is 1.06 bits per heavy atom. The van der Waals surface area contributed by atoms with Gasteiger partial charge in [-0.15, -0.1) is 0 Å². The van der Waals surface area contributed by atoms with E-state index in [0.29, 0.717) is 13.0 Å². The first-order chi connectivity index (χ1) is 16.9. The van der Waals surface area contributed by atoms with Gasteiger partial charge >= 0.3 is 11.9 Å². The molecule has 11 nitrogen and oxygen atoms in total. The minimum absolute atomic E-state index is 0.0249. The van der Waals surface area contributed by atoms with Crippen molar-refractivity contribution in [2.45, 2.75) is 115 Å². The Hall–Kier alpha value is -2.24. The zero-order valence-electron chi connectivity index (χ0n) is 22.3. The van der Waals surface area contributed by atoms with Crippen LogP contribution in [-0.4, -0.2) is 83.3 Å². The van der Waals surface area contributed by atoms with Gasteiger partial charge in [0.1, 0.15) is 6.04 Å². The molecule has 2 unspecified atom stereocenters. The van der Waals surface area contributed by atoms with Crippen molar-refractivity contribution in [3.8, 4) is 0 Å². The number of aliphatic carboxylic acids is 2. The van der Waals surface area contributed by atoms with Crippen molar-refractivity contribution in [3.05, 3.63) is 0 Å². The van der Waals surface area contributed by atoms with E-state index in [-0.39, 0.29) is 43.3 Å². The quantitative estimate of drug-likeness (QED) is 0.167. The van der Waals surface area contributed by atoms with Gasteiger partial charge < -0.3 is 31.5 Å². The summed E-state index contributed by atoms with van der Waals surface area (Å²) in [5.41, 5.74) is -0.166. The van der Waals surface area contributed by atoms with Crippen LogP contribution in [0.25, 0.3) is 0 Å². The van der Waals surface area contributed by atoms with E-state index in [1.54, 1.807) is 0 Å². The number of hydrogen-bond acceptors (Lipinski definition) is 7. The molecule has 1 rings (SSSR count). The minimum atomic E-state index is -1.17. The average molecular weight is 514 g/mol. The molecular weight excluding hydrogens is 466 g/mol. The van der Waals surface area contributed by atoms with Crippen molar-refractivity contribution in [1.29, 1.82) is 0 Å². The largest absolute Gasteiger partial charge is 0.481 e. The van der Waals surface area contributed by atoms with Gasteiger partial charge in [-0.05, 0) is 65.8 Å². The topological polar surface area (TPSA) is 169 Å². The van der Waals surface area contributed by atoms with Gasteiger partial charge in [-0.1, -0.05) is 19.8 Å². The lowest BCUT2D eigenvalue weighted by Gasteiger charge is -2.32. The predicted octanol–water partition coefficient (Wildman–Crippen LogP) is 0.974. The zero-order chi connectivity index (χ0) is 27.1. The van der Waals surface area contributed by atoms with Crippen molar-refractivity contribution in [3.63, 3.8) is 0 Å². The molecule has 0 radical (unpaired) electrons. The first-order valence-electron chi connectivity index (χ1n) is 13.2. The number of nitrogens with one attached hydrogen (secondary N) is 5. The van der Waals surface area contributed by atoms with Gasteiger partial charge in [-0.3, -0.25) is 19.7 Å².